The van der Waals surface area contributed by atoms with E-state index in [1.54, 1.807) is 0 Å². The molecule has 0 aromatic heterocycles. The molecule has 2 saturated heterocycles. The van der Waals surface area contributed by atoms with Gasteiger partial charge in [0, 0.05) is 18.1 Å². The first kappa shape index (κ1) is 16.1. The average Bonchev–Trinajstić information content (AvgIpc) is 2.79. The van der Waals surface area contributed by atoms with Crippen LogP contribution >= 0.6 is 12.4 Å². The third kappa shape index (κ3) is 4.61. The Morgan fingerprint density at radius 1 is 1.19 bits per heavy atom. The van der Waals surface area contributed by atoms with E-state index >= 15 is 0 Å². The number of para-hydroxylation sites is 1. The first-order valence-electron chi connectivity index (χ1n) is 7.53. The predicted molar refractivity (Wildman–Crippen MR) is 84.9 cm³/mol. The molecule has 2 bridgehead atoms. The molecule has 2 heterocycles. The Kier molecular flexibility index (Phi) is 5.88. The number of benzene rings is 1. The fourth-order valence-corrected chi connectivity index (χ4v) is 3.25. The molecule has 2 N–H and O–H groups in total. The fourth-order valence-electron chi connectivity index (χ4n) is 3.25. The summed E-state index contributed by atoms with van der Waals surface area (Å²) in [6, 6.07) is 11.2. The van der Waals surface area contributed by atoms with E-state index < -0.39 is 0 Å². The maximum atomic E-state index is 11.9. The van der Waals surface area contributed by atoms with Gasteiger partial charge >= 0.3 is 0 Å². The monoisotopic (exact) mass is 310 g/mol. The molecule has 21 heavy (non-hydrogen) atoms. The predicted octanol–water partition coefficient (Wildman–Crippen LogP) is 2.28. The molecule has 1 aromatic carbocycles. The molecule has 0 aliphatic carbocycles. The summed E-state index contributed by atoms with van der Waals surface area (Å²) in [6.07, 6.45) is 5.08. The molecule has 2 atom stereocenters. The van der Waals surface area contributed by atoms with E-state index in [0.29, 0.717) is 31.2 Å². The summed E-state index contributed by atoms with van der Waals surface area (Å²) in [4.78, 5) is 11.9. The zero-order valence-corrected chi connectivity index (χ0v) is 12.9. The van der Waals surface area contributed by atoms with Crippen LogP contribution in [0.2, 0.25) is 0 Å². The van der Waals surface area contributed by atoms with Gasteiger partial charge in [-0.2, -0.15) is 0 Å². The smallest absolute Gasteiger partial charge is 0.223 e. The number of nitrogens with one attached hydrogen (secondary N) is 2. The zero-order valence-electron chi connectivity index (χ0n) is 12.1. The molecule has 1 amide bonds. The highest BCUT2D eigenvalue weighted by Gasteiger charge is 2.33. The summed E-state index contributed by atoms with van der Waals surface area (Å²) in [7, 11) is 0. The number of fused-ring (bicyclic) bond motifs is 2. The Morgan fingerprint density at radius 3 is 2.52 bits per heavy atom. The van der Waals surface area contributed by atoms with Crippen LogP contribution in [0.25, 0.3) is 0 Å². The van der Waals surface area contributed by atoms with Gasteiger partial charge in [0.2, 0.25) is 5.91 Å². The Bertz CT molecular complexity index is 443. The van der Waals surface area contributed by atoms with Gasteiger partial charge in [0.25, 0.3) is 0 Å². The van der Waals surface area contributed by atoms with E-state index in [4.69, 9.17) is 4.74 Å². The number of hydrogen-bond donors (Lipinski definition) is 2. The number of carbonyl (C=O) groups is 1. The second-order valence-electron chi connectivity index (χ2n) is 5.79. The first-order valence-corrected chi connectivity index (χ1v) is 7.53. The van der Waals surface area contributed by atoms with Gasteiger partial charge in [0.1, 0.15) is 5.75 Å². The van der Waals surface area contributed by atoms with Crippen LogP contribution in [0.1, 0.15) is 32.1 Å². The van der Waals surface area contributed by atoms with Crippen molar-refractivity contribution >= 4 is 18.3 Å². The lowest BCUT2D eigenvalue weighted by Crippen LogP contribution is -2.48. The van der Waals surface area contributed by atoms with E-state index in [1.165, 1.54) is 12.8 Å². The Balaban J connectivity index is 0.00000161. The van der Waals surface area contributed by atoms with Crippen LogP contribution in [0.4, 0.5) is 0 Å². The SMILES string of the molecule is Cl.O=C(CCOc1ccccc1)NC1CC2CCC(C1)N2. The van der Waals surface area contributed by atoms with E-state index in [0.717, 1.165) is 18.6 Å². The number of ether oxygens (including phenoxy) is 1. The highest BCUT2D eigenvalue weighted by molar-refractivity contribution is 5.85. The lowest BCUT2D eigenvalue weighted by molar-refractivity contribution is -0.122. The third-order valence-electron chi connectivity index (χ3n) is 4.18. The maximum absolute atomic E-state index is 11.9. The maximum Gasteiger partial charge on any atom is 0.223 e. The van der Waals surface area contributed by atoms with E-state index in [2.05, 4.69) is 10.6 Å². The number of rotatable bonds is 5. The third-order valence-corrected chi connectivity index (χ3v) is 4.18. The van der Waals surface area contributed by atoms with Gasteiger partial charge in [-0.3, -0.25) is 4.79 Å². The minimum Gasteiger partial charge on any atom is -0.493 e. The van der Waals surface area contributed by atoms with Crippen LogP contribution in [-0.2, 0) is 4.79 Å². The van der Waals surface area contributed by atoms with Crippen LogP contribution in [0.15, 0.2) is 30.3 Å². The summed E-state index contributed by atoms with van der Waals surface area (Å²) in [5.41, 5.74) is 0. The van der Waals surface area contributed by atoms with Crippen molar-refractivity contribution in [2.45, 2.75) is 50.2 Å². The molecule has 0 spiro atoms. The van der Waals surface area contributed by atoms with Crippen LogP contribution in [0.5, 0.6) is 5.75 Å². The number of hydrogen-bond acceptors (Lipinski definition) is 3. The minimum absolute atomic E-state index is 0. The number of piperidine rings is 1. The molecule has 2 unspecified atom stereocenters. The molecule has 0 radical (unpaired) electrons. The van der Waals surface area contributed by atoms with Gasteiger partial charge < -0.3 is 15.4 Å². The molecular weight excluding hydrogens is 288 g/mol. The molecule has 4 nitrogen and oxygen atoms in total. The van der Waals surface area contributed by atoms with Crippen LogP contribution in [0.3, 0.4) is 0 Å². The molecular formula is C16H23ClN2O2. The highest BCUT2D eigenvalue weighted by Crippen LogP contribution is 2.26. The second-order valence-corrected chi connectivity index (χ2v) is 5.79. The van der Waals surface area contributed by atoms with Crippen LogP contribution in [-0.4, -0.2) is 30.6 Å². The second kappa shape index (κ2) is 7.66. The van der Waals surface area contributed by atoms with E-state index in [9.17, 15) is 4.79 Å². The van der Waals surface area contributed by atoms with Crippen LogP contribution < -0.4 is 15.4 Å². The molecule has 116 valence electrons. The largest absolute Gasteiger partial charge is 0.493 e. The summed E-state index contributed by atoms with van der Waals surface area (Å²) < 4.78 is 5.55. The minimum atomic E-state index is 0. The van der Waals surface area contributed by atoms with Gasteiger partial charge in [-0.05, 0) is 37.8 Å². The number of carbonyl (C=O) groups excluding carboxylic acids is 1. The normalized spacial score (nSPS) is 26.8. The topological polar surface area (TPSA) is 50.4 Å². The van der Waals surface area contributed by atoms with E-state index in [-0.39, 0.29) is 18.3 Å². The quantitative estimate of drug-likeness (QED) is 0.877. The molecule has 2 fully saturated rings. The lowest BCUT2D eigenvalue weighted by atomic mass is 10.00. The van der Waals surface area contributed by atoms with Crippen molar-refractivity contribution in [2.24, 2.45) is 0 Å². The van der Waals surface area contributed by atoms with Crippen molar-refractivity contribution in [1.29, 1.82) is 0 Å². The average molecular weight is 311 g/mol. The Labute approximate surface area is 132 Å². The summed E-state index contributed by atoms with van der Waals surface area (Å²) in [5, 5.41) is 6.73. The summed E-state index contributed by atoms with van der Waals surface area (Å²) in [6.45, 7) is 0.438. The Morgan fingerprint density at radius 2 is 1.86 bits per heavy atom. The van der Waals surface area contributed by atoms with Crippen LogP contribution in [0, 0.1) is 0 Å². The first-order chi connectivity index (χ1) is 9.79. The van der Waals surface area contributed by atoms with Gasteiger partial charge in [0.05, 0.1) is 13.0 Å². The molecule has 2 aliphatic rings. The van der Waals surface area contributed by atoms with Gasteiger partial charge in [-0.25, -0.2) is 0 Å². The summed E-state index contributed by atoms with van der Waals surface area (Å²) in [5.74, 6) is 0.924. The highest BCUT2D eigenvalue weighted by atomic mass is 35.5. The molecule has 3 rings (SSSR count). The van der Waals surface area contributed by atoms with Crippen molar-refractivity contribution in [1.82, 2.24) is 10.6 Å². The summed E-state index contributed by atoms with van der Waals surface area (Å²) >= 11 is 0. The number of amides is 1. The fraction of sp³-hybridized carbons (Fsp3) is 0.562. The van der Waals surface area contributed by atoms with Crippen molar-refractivity contribution < 1.29 is 9.53 Å². The molecule has 0 saturated carbocycles. The van der Waals surface area contributed by atoms with E-state index in [1.807, 2.05) is 30.3 Å². The van der Waals surface area contributed by atoms with Gasteiger partial charge in [-0.1, -0.05) is 18.2 Å². The van der Waals surface area contributed by atoms with Crippen molar-refractivity contribution in [3.05, 3.63) is 30.3 Å². The van der Waals surface area contributed by atoms with Gasteiger partial charge in [0.15, 0.2) is 0 Å². The molecule has 5 heteroatoms. The van der Waals surface area contributed by atoms with Gasteiger partial charge in [-0.15, -0.1) is 12.4 Å². The van der Waals surface area contributed by atoms with Crippen molar-refractivity contribution in [3.63, 3.8) is 0 Å². The molecule has 2 aliphatic heterocycles. The number of halogens is 1. The van der Waals surface area contributed by atoms with Crippen molar-refractivity contribution in [3.8, 4) is 5.75 Å². The molecule has 1 aromatic rings. The Hall–Kier alpha value is -1.26. The standard InChI is InChI=1S/C16H22N2O2.ClH/c19-16(8-9-20-15-4-2-1-3-5-15)18-14-10-12-6-7-13(11-14)17-12;/h1-5,12-14,17H,6-11H2,(H,18,19);1H. The lowest BCUT2D eigenvalue weighted by Gasteiger charge is -2.29. The van der Waals surface area contributed by atoms with Crippen molar-refractivity contribution in [2.75, 3.05) is 6.61 Å². The zero-order chi connectivity index (χ0) is 13.8.